The van der Waals surface area contributed by atoms with E-state index in [1.807, 2.05) is 0 Å². The Morgan fingerprint density at radius 3 is 1.85 bits per heavy atom. The molecule has 0 N–H and O–H groups in total. The Balaban J connectivity index is 3.93. The number of hydrogen-bond donors (Lipinski definition) is 0. The van der Waals surface area contributed by atoms with Gasteiger partial charge < -0.3 is 14.2 Å². The number of halogens is 1. The highest BCUT2D eigenvalue weighted by Gasteiger charge is 2.13. The fourth-order valence-electron chi connectivity index (χ4n) is 2.57. The summed E-state index contributed by atoms with van der Waals surface area (Å²) in [7, 11) is 0. The molecule has 0 atom stereocenters. The second-order valence-electron chi connectivity index (χ2n) is 6.80. The van der Waals surface area contributed by atoms with E-state index in [2.05, 4.69) is 29.8 Å². The smallest absolute Gasteiger partial charge is 0.305 e. The van der Waals surface area contributed by atoms with Crippen LogP contribution in [0.5, 0.6) is 0 Å². The quantitative estimate of drug-likeness (QED) is 0.0958. The van der Waals surface area contributed by atoms with E-state index in [9.17, 15) is 4.79 Å². The molecule has 156 valence electrons. The second-order valence-corrected chi connectivity index (χ2v) is 7.59. The molecular formula is C21H41BrO4. The third-order valence-electron chi connectivity index (χ3n) is 4.23. The van der Waals surface area contributed by atoms with Gasteiger partial charge in [0.2, 0.25) is 0 Å². The van der Waals surface area contributed by atoms with Gasteiger partial charge in [0, 0.05) is 25.0 Å². The van der Waals surface area contributed by atoms with Crippen molar-refractivity contribution in [3.05, 3.63) is 0 Å². The van der Waals surface area contributed by atoms with Crippen LogP contribution in [0.4, 0.5) is 0 Å². The number of rotatable bonds is 20. The molecule has 0 aliphatic rings. The van der Waals surface area contributed by atoms with Gasteiger partial charge in [-0.1, -0.05) is 68.3 Å². The van der Waals surface area contributed by atoms with Crippen LogP contribution in [0.25, 0.3) is 0 Å². The molecular weight excluding hydrogens is 396 g/mol. The summed E-state index contributed by atoms with van der Waals surface area (Å²) in [5, 5.41) is 1.01. The lowest BCUT2D eigenvalue weighted by Gasteiger charge is -2.18. The summed E-state index contributed by atoms with van der Waals surface area (Å²) in [5.74, 6) is -0.141. The van der Waals surface area contributed by atoms with Crippen molar-refractivity contribution in [1.82, 2.24) is 0 Å². The van der Waals surface area contributed by atoms with E-state index >= 15 is 0 Å². The number of alkyl halides is 1. The first-order valence-electron chi connectivity index (χ1n) is 10.7. The van der Waals surface area contributed by atoms with Crippen LogP contribution in [0.1, 0.15) is 97.3 Å². The highest BCUT2D eigenvalue weighted by Crippen LogP contribution is 2.10. The Labute approximate surface area is 169 Å². The van der Waals surface area contributed by atoms with Crippen molar-refractivity contribution in [3.8, 4) is 0 Å². The van der Waals surface area contributed by atoms with Gasteiger partial charge in [-0.05, 0) is 32.1 Å². The molecule has 4 nitrogen and oxygen atoms in total. The Morgan fingerprint density at radius 2 is 1.31 bits per heavy atom. The second kappa shape index (κ2) is 21.2. The minimum atomic E-state index is -0.279. The highest BCUT2D eigenvalue weighted by molar-refractivity contribution is 9.09. The summed E-state index contributed by atoms with van der Waals surface area (Å²) in [5.41, 5.74) is 0. The van der Waals surface area contributed by atoms with Crippen LogP contribution in [-0.2, 0) is 19.0 Å². The summed E-state index contributed by atoms with van der Waals surface area (Å²) in [6, 6.07) is 0. The maximum absolute atomic E-state index is 11.9. The van der Waals surface area contributed by atoms with Crippen LogP contribution in [-0.4, -0.2) is 37.4 Å². The zero-order valence-corrected chi connectivity index (χ0v) is 18.7. The predicted octanol–water partition coefficient (Wildman–Crippen LogP) is 6.39. The molecule has 0 saturated carbocycles. The lowest BCUT2D eigenvalue weighted by atomic mass is 10.2. The SMILES string of the molecule is CCCCCCOC(CCC(=O)OCCCCCBr)OCCCCCC. The van der Waals surface area contributed by atoms with Crippen molar-refractivity contribution in [2.24, 2.45) is 0 Å². The molecule has 0 heterocycles. The molecule has 0 bridgehead atoms. The van der Waals surface area contributed by atoms with E-state index in [0.29, 0.717) is 32.7 Å². The van der Waals surface area contributed by atoms with Gasteiger partial charge in [-0.3, -0.25) is 4.79 Å². The third-order valence-corrected chi connectivity index (χ3v) is 4.79. The average Bonchev–Trinajstić information content (AvgIpc) is 2.64. The first-order valence-corrected chi connectivity index (χ1v) is 11.8. The maximum atomic E-state index is 11.9. The summed E-state index contributed by atoms with van der Waals surface area (Å²) in [4.78, 5) is 11.9. The Hall–Kier alpha value is -0.130. The predicted molar refractivity (Wildman–Crippen MR) is 112 cm³/mol. The minimum Gasteiger partial charge on any atom is -0.466 e. The maximum Gasteiger partial charge on any atom is 0.305 e. The molecule has 0 radical (unpaired) electrons. The van der Waals surface area contributed by atoms with Crippen molar-refractivity contribution in [2.75, 3.05) is 25.2 Å². The van der Waals surface area contributed by atoms with Crippen LogP contribution in [0, 0.1) is 0 Å². The monoisotopic (exact) mass is 436 g/mol. The minimum absolute atomic E-state index is 0.141. The fraction of sp³-hybridized carbons (Fsp3) is 0.952. The van der Waals surface area contributed by atoms with Gasteiger partial charge in [0.1, 0.15) is 0 Å². The Kier molecular flexibility index (Phi) is 21.1. The van der Waals surface area contributed by atoms with E-state index in [-0.39, 0.29) is 12.3 Å². The van der Waals surface area contributed by atoms with E-state index < -0.39 is 0 Å². The van der Waals surface area contributed by atoms with Gasteiger partial charge in [0.25, 0.3) is 0 Å². The molecule has 0 unspecified atom stereocenters. The van der Waals surface area contributed by atoms with Gasteiger partial charge in [0.15, 0.2) is 6.29 Å². The van der Waals surface area contributed by atoms with Crippen molar-refractivity contribution >= 4 is 21.9 Å². The van der Waals surface area contributed by atoms with E-state index in [0.717, 1.165) is 37.4 Å². The van der Waals surface area contributed by atoms with Crippen LogP contribution >= 0.6 is 15.9 Å². The van der Waals surface area contributed by atoms with E-state index in [1.54, 1.807) is 0 Å². The summed E-state index contributed by atoms with van der Waals surface area (Å²) >= 11 is 3.40. The molecule has 0 amide bonds. The lowest BCUT2D eigenvalue weighted by molar-refractivity contribution is -0.159. The van der Waals surface area contributed by atoms with Crippen LogP contribution in [0.3, 0.4) is 0 Å². The topological polar surface area (TPSA) is 44.8 Å². The molecule has 0 saturated heterocycles. The molecule has 5 heteroatoms. The number of esters is 1. The summed E-state index contributed by atoms with van der Waals surface area (Å²) in [6.07, 6.45) is 13.2. The number of hydrogen-bond acceptors (Lipinski definition) is 4. The number of carbonyl (C=O) groups excluding carboxylic acids is 1. The summed E-state index contributed by atoms with van der Waals surface area (Å²) < 4.78 is 17.0. The van der Waals surface area contributed by atoms with Gasteiger partial charge in [-0.25, -0.2) is 0 Å². The largest absolute Gasteiger partial charge is 0.466 e. The van der Waals surface area contributed by atoms with Gasteiger partial charge >= 0.3 is 5.97 Å². The van der Waals surface area contributed by atoms with Crippen molar-refractivity contribution in [2.45, 2.75) is 104 Å². The number of carbonyl (C=O) groups is 1. The molecule has 0 fully saturated rings. The van der Waals surface area contributed by atoms with Crippen molar-refractivity contribution < 1.29 is 19.0 Å². The normalized spacial score (nSPS) is 11.2. The molecule has 0 aromatic carbocycles. The molecule has 0 aromatic heterocycles. The van der Waals surface area contributed by atoms with Crippen molar-refractivity contribution in [3.63, 3.8) is 0 Å². The molecule has 26 heavy (non-hydrogen) atoms. The van der Waals surface area contributed by atoms with Crippen molar-refractivity contribution in [1.29, 1.82) is 0 Å². The summed E-state index contributed by atoms with van der Waals surface area (Å²) in [6.45, 7) is 6.35. The lowest BCUT2D eigenvalue weighted by Crippen LogP contribution is -2.21. The molecule has 0 aromatic rings. The Bertz CT molecular complexity index is 286. The van der Waals surface area contributed by atoms with Gasteiger partial charge in [-0.2, -0.15) is 0 Å². The van der Waals surface area contributed by atoms with E-state index in [1.165, 1.54) is 38.5 Å². The standard InChI is InChI=1S/C21H41BrO4/c1-3-5-7-11-18-25-21(26-19-12-8-6-4-2)15-14-20(23)24-17-13-9-10-16-22/h21H,3-19H2,1-2H3. The van der Waals surface area contributed by atoms with Crippen LogP contribution in [0.15, 0.2) is 0 Å². The number of unbranched alkanes of at least 4 members (excludes halogenated alkanes) is 8. The van der Waals surface area contributed by atoms with Crippen LogP contribution < -0.4 is 0 Å². The first-order chi connectivity index (χ1) is 12.7. The molecule has 0 rings (SSSR count). The highest BCUT2D eigenvalue weighted by atomic mass is 79.9. The molecule has 0 aliphatic heterocycles. The third kappa shape index (κ3) is 18.7. The van der Waals surface area contributed by atoms with E-state index in [4.69, 9.17) is 14.2 Å². The molecule has 0 aliphatic carbocycles. The Morgan fingerprint density at radius 1 is 0.769 bits per heavy atom. The first kappa shape index (κ1) is 25.9. The van der Waals surface area contributed by atoms with Gasteiger partial charge in [-0.15, -0.1) is 0 Å². The fourth-order valence-corrected chi connectivity index (χ4v) is 2.97. The number of ether oxygens (including phenoxy) is 3. The zero-order chi connectivity index (χ0) is 19.3. The average molecular weight is 437 g/mol. The zero-order valence-electron chi connectivity index (χ0n) is 17.1. The van der Waals surface area contributed by atoms with Crippen LogP contribution in [0.2, 0.25) is 0 Å². The van der Waals surface area contributed by atoms with Gasteiger partial charge in [0.05, 0.1) is 13.0 Å². The molecule has 0 spiro atoms.